The molecule has 1 N–H and O–H groups in total. The average molecular weight is 438 g/mol. The third kappa shape index (κ3) is 4.25. The number of benzene rings is 3. The summed E-state index contributed by atoms with van der Waals surface area (Å²) in [5.74, 6) is 1.07. The van der Waals surface area contributed by atoms with Crippen molar-refractivity contribution in [3.05, 3.63) is 112 Å². The number of nitrogens with zero attached hydrogens (tertiary/aromatic N) is 4. The molecular weight excluding hydrogens is 414 g/mol. The molecule has 0 saturated carbocycles. The standard InChI is InChI=1S/C26H23N5O2/c32-24(27-17-19-9-3-1-4-10-19)16-15-23-28-29-26-30(18-20-11-5-2-6-12-20)25(33)21-13-7-8-14-22(21)31(23)26/h1-14H,15-18H2,(H,27,32). The Morgan fingerprint density at radius 1 is 0.818 bits per heavy atom. The second-order valence-electron chi connectivity index (χ2n) is 7.91. The van der Waals surface area contributed by atoms with Crippen molar-refractivity contribution in [3.8, 4) is 0 Å². The van der Waals surface area contributed by atoms with Gasteiger partial charge < -0.3 is 5.32 Å². The average Bonchev–Trinajstić information content (AvgIpc) is 3.29. The van der Waals surface area contributed by atoms with Crippen LogP contribution in [0.25, 0.3) is 16.7 Å². The second-order valence-corrected chi connectivity index (χ2v) is 7.91. The molecule has 2 heterocycles. The number of hydrogen-bond donors (Lipinski definition) is 1. The van der Waals surface area contributed by atoms with Crippen LogP contribution in [0.4, 0.5) is 0 Å². The number of rotatable bonds is 7. The molecule has 2 aromatic heterocycles. The summed E-state index contributed by atoms with van der Waals surface area (Å²) in [5, 5.41) is 12.2. The van der Waals surface area contributed by atoms with E-state index in [1.165, 1.54) is 0 Å². The number of aryl methyl sites for hydroxylation is 1. The fourth-order valence-electron chi connectivity index (χ4n) is 4.00. The maximum absolute atomic E-state index is 13.3. The monoisotopic (exact) mass is 437 g/mol. The summed E-state index contributed by atoms with van der Waals surface area (Å²) in [6, 6.07) is 27.0. The molecule has 7 nitrogen and oxygen atoms in total. The van der Waals surface area contributed by atoms with E-state index in [9.17, 15) is 9.59 Å². The number of hydrogen-bond acceptors (Lipinski definition) is 4. The molecule has 7 heteroatoms. The summed E-state index contributed by atoms with van der Waals surface area (Å²) in [5.41, 5.74) is 2.68. The van der Waals surface area contributed by atoms with Crippen molar-refractivity contribution in [3.63, 3.8) is 0 Å². The molecule has 164 valence electrons. The lowest BCUT2D eigenvalue weighted by atomic mass is 10.2. The van der Waals surface area contributed by atoms with Gasteiger partial charge in [0.2, 0.25) is 11.7 Å². The van der Waals surface area contributed by atoms with E-state index < -0.39 is 0 Å². The lowest BCUT2D eigenvalue weighted by Gasteiger charge is -2.11. The van der Waals surface area contributed by atoms with Gasteiger partial charge in [-0.25, -0.2) is 0 Å². The first-order chi connectivity index (χ1) is 16.2. The first kappa shape index (κ1) is 20.6. The highest BCUT2D eigenvalue weighted by atomic mass is 16.1. The number of para-hydroxylation sites is 1. The summed E-state index contributed by atoms with van der Waals surface area (Å²) < 4.78 is 3.54. The van der Waals surface area contributed by atoms with Gasteiger partial charge in [-0.05, 0) is 23.3 Å². The van der Waals surface area contributed by atoms with Crippen molar-refractivity contribution in [2.45, 2.75) is 25.9 Å². The first-order valence-electron chi connectivity index (χ1n) is 10.9. The van der Waals surface area contributed by atoms with Crippen LogP contribution in [0.5, 0.6) is 0 Å². The van der Waals surface area contributed by atoms with Gasteiger partial charge in [-0.2, -0.15) is 0 Å². The van der Waals surface area contributed by atoms with Crippen LogP contribution >= 0.6 is 0 Å². The molecule has 0 saturated heterocycles. The van der Waals surface area contributed by atoms with E-state index in [0.717, 1.165) is 16.6 Å². The molecule has 0 bridgehead atoms. The fraction of sp³-hybridized carbons (Fsp3) is 0.154. The van der Waals surface area contributed by atoms with Crippen molar-refractivity contribution >= 4 is 22.6 Å². The van der Waals surface area contributed by atoms with Crippen molar-refractivity contribution in [2.75, 3.05) is 0 Å². The first-order valence-corrected chi connectivity index (χ1v) is 10.9. The minimum Gasteiger partial charge on any atom is -0.352 e. The van der Waals surface area contributed by atoms with Gasteiger partial charge in [0.05, 0.1) is 17.4 Å². The predicted octanol–water partition coefficient (Wildman–Crippen LogP) is 3.34. The molecular formula is C26H23N5O2. The Kier molecular flexibility index (Phi) is 5.68. The molecule has 0 atom stereocenters. The number of carbonyl (C=O) groups excluding carboxylic acids is 1. The smallest absolute Gasteiger partial charge is 0.263 e. The van der Waals surface area contributed by atoms with Crippen LogP contribution in [0, 0.1) is 0 Å². The largest absolute Gasteiger partial charge is 0.352 e. The Hall–Kier alpha value is -4.26. The van der Waals surface area contributed by atoms with E-state index in [2.05, 4.69) is 15.5 Å². The number of fused-ring (bicyclic) bond motifs is 3. The highest BCUT2D eigenvalue weighted by Gasteiger charge is 2.17. The van der Waals surface area contributed by atoms with E-state index in [1.807, 2.05) is 89.3 Å². The van der Waals surface area contributed by atoms with Gasteiger partial charge in [0.1, 0.15) is 5.82 Å². The number of carbonyl (C=O) groups is 1. The van der Waals surface area contributed by atoms with Crippen molar-refractivity contribution < 1.29 is 4.79 Å². The topological polar surface area (TPSA) is 81.3 Å². The Balaban J connectivity index is 1.45. The van der Waals surface area contributed by atoms with Gasteiger partial charge in [0, 0.05) is 19.4 Å². The van der Waals surface area contributed by atoms with Gasteiger partial charge >= 0.3 is 0 Å². The fourth-order valence-corrected chi connectivity index (χ4v) is 4.00. The molecule has 0 spiro atoms. The Bertz CT molecular complexity index is 1470. The van der Waals surface area contributed by atoms with Gasteiger partial charge in [-0.15, -0.1) is 10.2 Å². The van der Waals surface area contributed by atoms with Gasteiger partial charge in [0.25, 0.3) is 5.56 Å². The summed E-state index contributed by atoms with van der Waals surface area (Å²) in [6.07, 6.45) is 0.690. The van der Waals surface area contributed by atoms with E-state index in [1.54, 1.807) is 4.57 Å². The van der Waals surface area contributed by atoms with Crippen LogP contribution < -0.4 is 10.9 Å². The zero-order valence-corrected chi connectivity index (χ0v) is 18.0. The molecule has 0 aliphatic carbocycles. The van der Waals surface area contributed by atoms with Crippen LogP contribution in [0.15, 0.2) is 89.7 Å². The van der Waals surface area contributed by atoms with Crippen LogP contribution in [0.2, 0.25) is 0 Å². The molecule has 33 heavy (non-hydrogen) atoms. The highest BCUT2D eigenvalue weighted by molar-refractivity contribution is 5.80. The lowest BCUT2D eigenvalue weighted by molar-refractivity contribution is -0.121. The molecule has 0 aliphatic rings. The third-order valence-electron chi connectivity index (χ3n) is 5.67. The molecule has 0 fully saturated rings. The van der Waals surface area contributed by atoms with Crippen LogP contribution in [0.3, 0.4) is 0 Å². The molecule has 0 unspecified atom stereocenters. The van der Waals surface area contributed by atoms with Crippen LogP contribution in [-0.2, 0) is 24.3 Å². The molecule has 1 amide bonds. The second kappa shape index (κ2) is 9.08. The maximum Gasteiger partial charge on any atom is 0.263 e. The third-order valence-corrected chi connectivity index (χ3v) is 5.67. The molecule has 5 rings (SSSR count). The van der Waals surface area contributed by atoms with E-state index in [4.69, 9.17) is 0 Å². The minimum atomic E-state index is -0.110. The Morgan fingerprint density at radius 2 is 1.48 bits per heavy atom. The SMILES string of the molecule is O=C(CCc1nnc2n(Cc3ccccc3)c(=O)c3ccccc3n12)NCc1ccccc1. The minimum absolute atomic E-state index is 0.0579. The van der Waals surface area contributed by atoms with Gasteiger partial charge in [-0.3, -0.25) is 18.6 Å². The van der Waals surface area contributed by atoms with E-state index in [0.29, 0.717) is 36.5 Å². The summed E-state index contributed by atoms with van der Waals surface area (Å²) in [4.78, 5) is 25.7. The van der Waals surface area contributed by atoms with Crippen LogP contribution in [0.1, 0.15) is 23.4 Å². The van der Waals surface area contributed by atoms with Crippen LogP contribution in [-0.4, -0.2) is 25.1 Å². The number of aromatic nitrogens is 4. The summed E-state index contributed by atoms with van der Waals surface area (Å²) in [6.45, 7) is 0.878. The Labute approximate surface area is 190 Å². The van der Waals surface area contributed by atoms with Crippen molar-refractivity contribution in [1.82, 2.24) is 24.5 Å². The molecule has 3 aromatic carbocycles. The summed E-state index contributed by atoms with van der Waals surface area (Å²) >= 11 is 0. The molecule has 5 aromatic rings. The van der Waals surface area contributed by atoms with Gasteiger partial charge in [0.15, 0.2) is 0 Å². The number of nitrogens with one attached hydrogen (secondary N) is 1. The summed E-state index contributed by atoms with van der Waals surface area (Å²) in [7, 11) is 0. The molecule has 0 aliphatic heterocycles. The quantitative estimate of drug-likeness (QED) is 0.423. The zero-order valence-electron chi connectivity index (χ0n) is 18.0. The Morgan fingerprint density at radius 3 is 2.24 bits per heavy atom. The normalized spacial score (nSPS) is 11.2. The number of amides is 1. The van der Waals surface area contributed by atoms with Gasteiger partial charge in [-0.1, -0.05) is 72.8 Å². The van der Waals surface area contributed by atoms with E-state index >= 15 is 0 Å². The van der Waals surface area contributed by atoms with E-state index in [-0.39, 0.29) is 17.9 Å². The zero-order chi connectivity index (χ0) is 22.6. The highest BCUT2D eigenvalue weighted by Crippen LogP contribution is 2.16. The predicted molar refractivity (Wildman–Crippen MR) is 127 cm³/mol. The molecule has 0 radical (unpaired) electrons. The maximum atomic E-state index is 13.3. The lowest BCUT2D eigenvalue weighted by Crippen LogP contribution is -2.25. The van der Waals surface area contributed by atoms with Crippen molar-refractivity contribution in [2.24, 2.45) is 0 Å². The van der Waals surface area contributed by atoms with Crippen molar-refractivity contribution in [1.29, 1.82) is 0 Å².